The lowest BCUT2D eigenvalue weighted by molar-refractivity contribution is 0.178. The Morgan fingerprint density at radius 1 is 1.05 bits per heavy atom. The molecule has 2 aromatic rings. The summed E-state index contributed by atoms with van der Waals surface area (Å²) in [7, 11) is 3.27. The minimum absolute atomic E-state index is 0.340. The van der Waals surface area contributed by atoms with Crippen molar-refractivity contribution in [1.29, 1.82) is 0 Å². The number of benzene rings is 1. The van der Waals surface area contributed by atoms with Crippen molar-refractivity contribution in [2.75, 3.05) is 20.0 Å². The molecule has 2 rings (SSSR count). The minimum Gasteiger partial charge on any atom is -0.496 e. The summed E-state index contributed by atoms with van der Waals surface area (Å²) in [6.07, 6.45) is 0. The normalized spacial score (nSPS) is 10.6. The summed E-state index contributed by atoms with van der Waals surface area (Å²) >= 11 is 0. The van der Waals surface area contributed by atoms with Crippen LogP contribution < -0.4 is 10.5 Å². The molecule has 20 heavy (non-hydrogen) atoms. The van der Waals surface area contributed by atoms with Gasteiger partial charge < -0.3 is 15.2 Å². The average molecular weight is 273 g/mol. The van der Waals surface area contributed by atoms with Crippen LogP contribution >= 0.6 is 0 Å². The summed E-state index contributed by atoms with van der Waals surface area (Å²) in [5.74, 6) is 1.88. The van der Waals surface area contributed by atoms with Crippen molar-refractivity contribution in [3.63, 3.8) is 0 Å². The fourth-order valence-electron chi connectivity index (χ4n) is 2.13. The maximum atomic E-state index is 5.84. The van der Waals surface area contributed by atoms with Crippen molar-refractivity contribution in [1.82, 2.24) is 9.97 Å². The van der Waals surface area contributed by atoms with Crippen LogP contribution in [0.5, 0.6) is 5.75 Å². The van der Waals surface area contributed by atoms with Gasteiger partial charge in [0.25, 0.3) is 0 Å². The first-order valence-corrected chi connectivity index (χ1v) is 6.33. The average Bonchev–Trinajstić information content (AvgIpc) is 2.40. The fraction of sp³-hybridized carbons (Fsp3) is 0.333. The third kappa shape index (κ3) is 2.88. The van der Waals surface area contributed by atoms with Crippen LogP contribution in [0.3, 0.4) is 0 Å². The molecule has 1 aromatic heterocycles. The highest BCUT2D eigenvalue weighted by Gasteiger charge is 2.10. The first-order chi connectivity index (χ1) is 9.55. The Bertz CT molecular complexity index is 627. The van der Waals surface area contributed by atoms with Gasteiger partial charge in [0.15, 0.2) is 5.82 Å². The number of rotatable bonds is 4. The van der Waals surface area contributed by atoms with E-state index in [0.29, 0.717) is 18.2 Å². The maximum absolute atomic E-state index is 5.84. The van der Waals surface area contributed by atoms with Crippen LogP contribution in [0.25, 0.3) is 11.3 Å². The van der Waals surface area contributed by atoms with Gasteiger partial charge in [0, 0.05) is 18.7 Å². The summed E-state index contributed by atoms with van der Waals surface area (Å²) in [4.78, 5) is 8.65. The van der Waals surface area contributed by atoms with Crippen LogP contribution in [-0.4, -0.2) is 24.2 Å². The van der Waals surface area contributed by atoms with Crippen LogP contribution in [0.4, 0.5) is 5.82 Å². The Labute approximate surface area is 118 Å². The van der Waals surface area contributed by atoms with Gasteiger partial charge >= 0.3 is 0 Å². The van der Waals surface area contributed by atoms with Crippen LogP contribution in [0.1, 0.15) is 17.0 Å². The second-order valence-corrected chi connectivity index (χ2v) is 4.66. The van der Waals surface area contributed by atoms with E-state index in [2.05, 4.69) is 9.97 Å². The Morgan fingerprint density at radius 3 is 2.45 bits per heavy atom. The number of nitrogen functional groups attached to an aromatic ring is 1. The minimum atomic E-state index is 0.340. The molecule has 0 unspecified atom stereocenters. The Morgan fingerprint density at radius 2 is 1.80 bits per heavy atom. The molecule has 5 nitrogen and oxygen atoms in total. The number of hydrogen-bond acceptors (Lipinski definition) is 5. The molecule has 1 heterocycles. The lowest BCUT2D eigenvalue weighted by Gasteiger charge is -2.12. The highest BCUT2D eigenvalue weighted by atomic mass is 16.5. The number of hydrogen-bond donors (Lipinski definition) is 1. The number of nitrogens with two attached hydrogens (primary N) is 1. The van der Waals surface area contributed by atoms with Crippen molar-refractivity contribution in [3.05, 3.63) is 35.2 Å². The molecule has 5 heteroatoms. The summed E-state index contributed by atoms with van der Waals surface area (Å²) in [5.41, 5.74) is 9.79. The molecule has 0 bridgehead atoms. The molecular weight excluding hydrogens is 254 g/mol. The van der Waals surface area contributed by atoms with Crippen molar-refractivity contribution >= 4 is 5.82 Å². The second-order valence-electron chi connectivity index (χ2n) is 4.66. The van der Waals surface area contributed by atoms with Gasteiger partial charge in [0.2, 0.25) is 0 Å². The Balaban J connectivity index is 2.53. The quantitative estimate of drug-likeness (QED) is 0.926. The van der Waals surface area contributed by atoms with E-state index in [1.807, 2.05) is 26.0 Å². The van der Waals surface area contributed by atoms with E-state index < -0.39 is 0 Å². The monoisotopic (exact) mass is 273 g/mol. The number of aromatic nitrogens is 2. The van der Waals surface area contributed by atoms with Crippen LogP contribution in [0, 0.1) is 13.8 Å². The van der Waals surface area contributed by atoms with E-state index in [1.54, 1.807) is 20.3 Å². The predicted molar refractivity (Wildman–Crippen MR) is 78.6 cm³/mol. The zero-order chi connectivity index (χ0) is 14.7. The fourth-order valence-corrected chi connectivity index (χ4v) is 2.13. The summed E-state index contributed by atoms with van der Waals surface area (Å²) in [5, 5.41) is 0. The standard InChI is InChI=1S/C15H19N3O2/c1-9-6-13(20-4)10(2)5-11(9)12-7-14(16)18-15(17-12)8-19-3/h5-7H,8H2,1-4H3,(H2,16,17,18). The van der Waals surface area contributed by atoms with Gasteiger partial charge in [-0.1, -0.05) is 0 Å². The molecule has 0 spiro atoms. The number of methoxy groups -OCH3 is 2. The van der Waals surface area contributed by atoms with E-state index >= 15 is 0 Å². The molecule has 0 radical (unpaired) electrons. The molecule has 2 N–H and O–H groups in total. The molecule has 0 aliphatic heterocycles. The lowest BCUT2D eigenvalue weighted by atomic mass is 10.0. The van der Waals surface area contributed by atoms with Gasteiger partial charge in [-0.05, 0) is 37.1 Å². The smallest absolute Gasteiger partial charge is 0.157 e. The number of ether oxygens (including phenoxy) is 2. The summed E-state index contributed by atoms with van der Waals surface area (Å²) in [6.45, 7) is 4.36. The topological polar surface area (TPSA) is 70.3 Å². The van der Waals surface area contributed by atoms with Gasteiger partial charge in [0.05, 0.1) is 12.8 Å². The van der Waals surface area contributed by atoms with Crippen LogP contribution in [0.15, 0.2) is 18.2 Å². The molecule has 0 aliphatic carbocycles. The maximum Gasteiger partial charge on any atom is 0.157 e. The number of aryl methyl sites for hydroxylation is 2. The van der Waals surface area contributed by atoms with Crippen molar-refractivity contribution < 1.29 is 9.47 Å². The third-order valence-electron chi connectivity index (χ3n) is 3.08. The van der Waals surface area contributed by atoms with Crippen molar-refractivity contribution in [3.8, 4) is 17.0 Å². The Hall–Kier alpha value is -2.14. The van der Waals surface area contributed by atoms with Gasteiger partial charge in [-0.25, -0.2) is 9.97 Å². The largest absolute Gasteiger partial charge is 0.496 e. The summed E-state index contributed by atoms with van der Waals surface area (Å²) in [6, 6.07) is 5.82. The van der Waals surface area contributed by atoms with E-state index in [4.69, 9.17) is 15.2 Å². The van der Waals surface area contributed by atoms with E-state index in [1.165, 1.54) is 0 Å². The molecular formula is C15H19N3O2. The zero-order valence-corrected chi connectivity index (χ0v) is 12.2. The molecule has 0 saturated heterocycles. The third-order valence-corrected chi connectivity index (χ3v) is 3.08. The van der Waals surface area contributed by atoms with E-state index in [0.717, 1.165) is 28.1 Å². The molecule has 0 aliphatic rings. The van der Waals surface area contributed by atoms with Gasteiger partial charge in [-0.2, -0.15) is 0 Å². The molecule has 0 atom stereocenters. The van der Waals surface area contributed by atoms with E-state index in [9.17, 15) is 0 Å². The molecule has 0 saturated carbocycles. The zero-order valence-electron chi connectivity index (χ0n) is 12.2. The lowest BCUT2D eigenvalue weighted by Crippen LogP contribution is -2.03. The highest BCUT2D eigenvalue weighted by Crippen LogP contribution is 2.29. The number of nitrogens with zero attached hydrogens (tertiary/aromatic N) is 2. The van der Waals surface area contributed by atoms with Crippen LogP contribution in [-0.2, 0) is 11.3 Å². The second kappa shape index (κ2) is 5.88. The van der Waals surface area contributed by atoms with E-state index in [-0.39, 0.29) is 0 Å². The predicted octanol–water partition coefficient (Wildman–Crippen LogP) is 2.50. The highest BCUT2D eigenvalue weighted by molar-refractivity contribution is 5.68. The molecule has 0 amide bonds. The van der Waals surface area contributed by atoms with Crippen molar-refractivity contribution in [2.24, 2.45) is 0 Å². The first-order valence-electron chi connectivity index (χ1n) is 6.33. The van der Waals surface area contributed by atoms with Crippen molar-refractivity contribution in [2.45, 2.75) is 20.5 Å². The SMILES string of the molecule is COCc1nc(N)cc(-c2cc(C)c(OC)cc2C)n1. The van der Waals surface area contributed by atoms with Gasteiger partial charge in [0.1, 0.15) is 18.2 Å². The molecule has 1 aromatic carbocycles. The Kier molecular flexibility index (Phi) is 4.20. The first kappa shape index (κ1) is 14.3. The summed E-state index contributed by atoms with van der Waals surface area (Å²) < 4.78 is 10.4. The van der Waals surface area contributed by atoms with Gasteiger partial charge in [-0.3, -0.25) is 0 Å². The van der Waals surface area contributed by atoms with Gasteiger partial charge in [-0.15, -0.1) is 0 Å². The number of anilines is 1. The molecule has 0 fully saturated rings. The molecule has 106 valence electrons. The van der Waals surface area contributed by atoms with Crippen LogP contribution in [0.2, 0.25) is 0 Å².